The van der Waals surface area contributed by atoms with E-state index in [1.807, 2.05) is 12.1 Å². The molecule has 3 rings (SSSR count). The van der Waals surface area contributed by atoms with Crippen LogP contribution in [0.3, 0.4) is 0 Å². The van der Waals surface area contributed by atoms with E-state index < -0.39 is 10.0 Å². The zero-order chi connectivity index (χ0) is 18.7. The van der Waals surface area contributed by atoms with E-state index in [9.17, 15) is 13.2 Å². The van der Waals surface area contributed by atoms with Crippen LogP contribution in [0.2, 0.25) is 0 Å². The second kappa shape index (κ2) is 7.25. The number of nitrogens with one attached hydrogen (secondary N) is 2. The van der Waals surface area contributed by atoms with E-state index in [4.69, 9.17) is 4.74 Å². The molecule has 1 heterocycles. The fourth-order valence-corrected chi connectivity index (χ4v) is 3.86. The minimum atomic E-state index is -3.78. The molecule has 8 heteroatoms. The Bertz CT molecular complexity index is 907. The summed E-state index contributed by atoms with van der Waals surface area (Å²) >= 11 is 0. The molecule has 1 amide bonds. The Kier molecular flexibility index (Phi) is 5.03. The minimum absolute atomic E-state index is 0.0508. The Balaban J connectivity index is 1.81. The third-order valence-corrected chi connectivity index (χ3v) is 5.52. The van der Waals surface area contributed by atoms with E-state index in [0.717, 1.165) is 18.8 Å². The Morgan fingerprint density at radius 2 is 1.81 bits per heavy atom. The monoisotopic (exact) mass is 375 g/mol. The first-order valence-electron chi connectivity index (χ1n) is 8.37. The Morgan fingerprint density at radius 1 is 1.12 bits per heavy atom. The summed E-state index contributed by atoms with van der Waals surface area (Å²) < 4.78 is 33.1. The second-order valence-corrected chi connectivity index (χ2v) is 7.50. The first-order valence-corrected chi connectivity index (χ1v) is 9.85. The van der Waals surface area contributed by atoms with Gasteiger partial charge in [-0.05, 0) is 56.3 Å². The van der Waals surface area contributed by atoms with Crippen molar-refractivity contribution in [1.82, 2.24) is 0 Å². The number of anilines is 3. The van der Waals surface area contributed by atoms with Crippen LogP contribution in [0.4, 0.5) is 17.1 Å². The summed E-state index contributed by atoms with van der Waals surface area (Å²) in [6.45, 7) is 5.82. The summed E-state index contributed by atoms with van der Waals surface area (Å²) in [7, 11) is -3.78. The van der Waals surface area contributed by atoms with Crippen molar-refractivity contribution in [3.8, 4) is 5.75 Å². The van der Waals surface area contributed by atoms with E-state index in [-0.39, 0.29) is 17.4 Å². The zero-order valence-electron chi connectivity index (χ0n) is 14.7. The largest absolute Gasteiger partial charge is 0.482 e. The molecular weight excluding hydrogens is 354 g/mol. The minimum Gasteiger partial charge on any atom is -0.482 e. The number of ether oxygens (including phenoxy) is 1. The van der Waals surface area contributed by atoms with Gasteiger partial charge in [-0.2, -0.15) is 0 Å². The lowest BCUT2D eigenvalue weighted by molar-refractivity contribution is -0.118. The SMILES string of the molecule is CCN(CC)c1ccc(NS(=O)(=O)c2ccc3c(c2)NC(=O)CO3)cc1. The molecule has 2 aromatic carbocycles. The van der Waals surface area contributed by atoms with Crippen molar-refractivity contribution in [1.29, 1.82) is 0 Å². The van der Waals surface area contributed by atoms with Crippen LogP contribution in [0.25, 0.3) is 0 Å². The van der Waals surface area contributed by atoms with Crippen molar-refractivity contribution >= 4 is 33.0 Å². The van der Waals surface area contributed by atoms with Gasteiger partial charge < -0.3 is 15.0 Å². The van der Waals surface area contributed by atoms with Gasteiger partial charge in [0.05, 0.1) is 10.6 Å². The number of benzene rings is 2. The maximum Gasteiger partial charge on any atom is 0.262 e. The van der Waals surface area contributed by atoms with Crippen LogP contribution in [-0.4, -0.2) is 34.0 Å². The van der Waals surface area contributed by atoms with Crippen LogP contribution in [0.15, 0.2) is 47.4 Å². The van der Waals surface area contributed by atoms with Crippen molar-refractivity contribution in [2.45, 2.75) is 18.7 Å². The number of nitrogens with zero attached hydrogens (tertiary/aromatic N) is 1. The van der Waals surface area contributed by atoms with E-state index in [2.05, 4.69) is 28.8 Å². The molecule has 2 aromatic rings. The molecule has 1 aliphatic heterocycles. The molecule has 0 saturated heterocycles. The highest BCUT2D eigenvalue weighted by atomic mass is 32.2. The first kappa shape index (κ1) is 18.1. The van der Waals surface area contributed by atoms with E-state index in [1.54, 1.807) is 12.1 Å². The lowest BCUT2D eigenvalue weighted by Gasteiger charge is -2.21. The normalized spacial score (nSPS) is 13.4. The van der Waals surface area contributed by atoms with Crippen LogP contribution in [0.5, 0.6) is 5.75 Å². The highest BCUT2D eigenvalue weighted by molar-refractivity contribution is 7.92. The standard InChI is InChI=1S/C18H21N3O4S/c1-3-21(4-2)14-7-5-13(6-8-14)20-26(23,24)15-9-10-17-16(11-15)19-18(22)12-25-17/h5-11,20H,3-4,12H2,1-2H3,(H,19,22). The highest BCUT2D eigenvalue weighted by Gasteiger charge is 2.21. The lowest BCUT2D eigenvalue weighted by atomic mass is 10.2. The molecule has 0 aromatic heterocycles. The molecule has 0 unspecified atom stereocenters. The molecule has 0 saturated carbocycles. The molecule has 7 nitrogen and oxygen atoms in total. The first-order chi connectivity index (χ1) is 12.4. The van der Waals surface area contributed by atoms with Crippen LogP contribution < -0.4 is 19.7 Å². The molecule has 138 valence electrons. The van der Waals surface area contributed by atoms with Crippen LogP contribution >= 0.6 is 0 Å². The van der Waals surface area contributed by atoms with Gasteiger partial charge in [-0.3, -0.25) is 9.52 Å². The summed E-state index contributed by atoms with van der Waals surface area (Å²) in [5, 5.41) is 2.61. The molecule has 0 aliphatic carbocycles. The molecule has 1 aliphatic rings. The quantitative estimate of drug-likeness (QED) is 0.810. The molecule has 0 atom stereocenters. The molecule has 0 fully saturated rings. The maximum atomic E-state index is 12.6. The Hall–Kier alpha value is -2.74. The Labute approximate surface area is 153 Å². The van der Waals surface area contributed by atoms with Crippen molar-refractivity contribution in [2.24, 2.45) is 0 Å². The maximum absolute atomic E-state index is 12.6. The number of carbonyl (C=O) groups is 1. The van der Waals surface area contributed by atoms with Crippen molar-refractivity contribution < 1.29 is 17.9 Å². The predicted molar refractivity (Wildman–Crippen MR) is 101 cm³/mol. The smallest absolute Gasteiger partial charge is 0.262 e. The average Bonchev–Trinajstić information content (AvgIpc) is 2.63. The lowest BCUT2D eigenvalue weighted by Crippen LogP contribution is -2.25. The van der Waals surface area contributed by atoms with Crippen LogP contribution in [0, 0.1) is 0 Å². The number of hydrogen-bond donors (Lipinski definition) is 2. The molecule has 0 radical (unpaired) electrons. The fraction of sp³-hybridized carbons (Fsp3) is 0.278. The third-order valence-electron chi connectivity index (χ3n) is 4.14. The molecule has 2 N–H and O–H groups in total. The third kappa shape index (κ3) is 3.75. The van der Waals surface area contributed by atoms with Gasteiger partial charge in [0.25, 0.3) is 15.9 Å². The highest BCUT2D eigenvalue weighted by Crippen LogP contribution is 2.31. The van der Waals surface area contributed by atoms with E-state index in [0.29, 0.717) is 17.1 Å². The number of hydrogen-bond acceptors (Lipinski definition) is 5. The molecule has 0 bridgehead atoms. The van der Waals surface area contributed by atoms with Gasteiger partial charge >= 0.3 is 0 Å². The summed E-state index contributed by atoms with van der Waals surface area (Å²) in [5.41, 5.74) is 1.85. The van der Waals surface area contributed by atoms with Gasteiger partial charge in [0, 0.05) is 24.5 Å². The van der Waals surface area contributed by atoms with Crippen molar-refractivity contribution in [3.63, 3.8) is 0 Å². The van der Waals surface area contributed by atoms with Gasteiger partial charge in [0.15, 0.2) is 6.61 Å². The average molecular weight is 375 g/mol. The topological polar surface area (TPSA) is 87.7 Å². The number of carbonyl (C=O) groups excluding carboxylic acids is 1. The number of amides is 1. The number of sulfonamides is 1. The van der Waals surface area contributed by atoms with E-state index in [1.165, 1.54) is 18.2 Å². The van der Waals surface area contributed by atoms with Crippen molar-refractivity contribution in [2.75, 3.05) is 34.6 Å². The number of rotatable bonds is 6. The van der Waals surface area contributed by atoms with E-state index >= 15 is 0 Å². The van der Waals surface area contributed by atoms with Gasteiger partial charge in [-0.1, -0.05) is 0 Å². The predicted octanol–water partition coefficient (Wildman–Crippen LogP) is 2.66. The fourth-order valence-electron chi connectivity index (χ4n) is 2.77. The Morgan fingerprint density at radius 3 is 2.46 bits per heavy atom. The molecule has 0 spiro atoms. The van der Waals surface area contributed by atoms with Gasteiger partial charge in [-0.15, -0.1) is 0 Å². The zero-order valence-corrected chi connectivity index (χ0v) is 15.5. The number of fused-ring (bicyclic) bond motifs is 1. The second-order valence-electron chi connectivity index (χ2n) is 5.82. The van der Waals surface area contributed by atoms with Gasteiger partial charge in [0.1, 0.15) is 5.75 Å². The molecule has 26 heavy (non-hydrogen) atoms. The summed E-state index contributed by atoms with van der Waals surface area (Å²) in [6, 6.07) is 11.6. The summed E-state index contributed by atoms with van der Waals surface area (Å²) in [5.74, 6) is 0.138. The van der Waals surface area contributed by atoms with Crippen LogP contribution in [-0.2, 0) is 14.8 Å². The molecular formula is C18H21N3O4S. The summed E-state index contributed by atoms with van der Waals surface area (Å²) in [6.07, 6.45) is 0. The van der Waals surface area contributed by atoms with Crippen LogP contribution in [0.1, 0.15) is 13.8 Å². The van der Waals surface area contributed by atoms with Gasteiger partial charge in [-0.25, -0.2) is 8.42 Å². The summed E-state index contributed by atoms with van der Waals surface area (Å²) in [4.78, 5) is 13.6. The van der Waals surface area contributed by atoms with Crippen molar-refractivity contribution in [3.05, 3.63) is 42.5 Å². The van der Waals surface area contributed by atoms with Gasteiger partial charge in [0.2, 0.25) is 0 Å².